The zero-order chi connectivity index (χ0) is 20.7. The highest BCUT2D eigenvalue weighted by molar-refractivity contribution is 5.93. The van der Waals surface area contributed by atoms with Crippen LogP contribution >= 0.6 is 0 Å². The summed E-state index contributed by atoms with van der Waals surface area (Å²) in [5, 5.41) is 6.27. The summed E-state index contributed by atoms with van der Waals surface area (Å²) in [5.41, 5.74) is 2.42. The van der Waals surface area contributed by atoms with Gasteiger partial charge >= 0.3 is 0 Å². The van der Waals surface area contributed by atoms with Gasteiger partial charge in [0.15, 0.2) is 0 Å². The van der Waals surface area contributed by atoms with Crippen LogP contribution in [0.15, 0.2) is 35.1 Å². The molecule has 1 fully saturated rings. The van der Waals surface area contributed by atoms with E-state index in [0.29, 0.717) is 43.3 Å². The van der Waals surface area contributed by atoms with Crippen LogP contribution in [0, 0.1) is 11.7 Å². The molecule has 2 aliphatic rings. The van der Waals surface area contributed by atoms with Crippen LogP contribution in [0.2, 0.25) is 0 Å². The Kier molecular flexibility index (Phi) is 4.86. The summed E-state index contributed by atoms with van der Waals surface area (Å²) in [4.78, 5) is 33.0. The fourth-order valence-corrected chi connectivity index (χ4v) is 4.67. The van der Waals surface area contributed by atoms with E-state index in [1.54, 1.807) is 16.7 Å². The number of imidazole rings is 1. The number of hydrogen-bond acceptors (Lipinski definition) is 4. The zero-order valence-electron chi connectivity index (χ0n) is 16.6. The van der Waals surface area contributed by atoms with Gasteiger partial charge in [-0.05, 0) is 55.6 Å². The van der Waals surface area contributed by atoms with Gasteiger partial charge in [-0.15, -0.1) is 0 Å². The largest absolute Gasteiger partial charge is 0.352 e. The minimum Gasteiger partial charge on any atom is -0.352 e. The first-order valence-electron chi connectivity index (χ1n) is 10.5. The van der Waals surface area contributed by atoms with Crippen molar-refractivity contribution >= 4 is 16.9 Å². The van der Waals surface area contributed by atoms with E-state index in [0.717, 1.165) is 36.5 Å². The Morgan fingerprint density at radius 1 is 1.27 bits per heavy atom. The first-order chi connectivity index (χ1) is 14.6. The number of nitrogens with one attached hydrogen (secondary N) is 3. The molecule has 0 unspecified atom stereocenters. The van der Waals surface area contributed by atoms with E-state index in [-0.39, 0.29) is 22.8 Å². The number of carbonyl (C=O) groups is 1. The lowest BCUT2D eigenvalue weighted by atomic mass is 9.84. The van der Waals surface area contributed by atoms with Crippen molar-refractivity contribution in [2.24, 2.45) is 5.92 Å². The Balaban J connectivity index is 1.21. The van der Waals surface area contributed by atoms with Crippen molar-refractivity contribution in [1.29, 1.82) is 0 Å². The molecule has 5 rings (SSSR count). The molecule has 8 heteroatoms. The van der Waals surface area contributed by atoms with Crippen LogP contribution in [0.1, 0.15) is 40.6 Å². The molecule has 1 aromatic carbocycles. The zero-order valence-corrected chi connectivity index (χ0v) is 16.6. The predicted octanol–water partition coefficient (Wildman–Crippen LogP) is 1.93. The van der Waals surface area contributed by atoms with Crippen molar-refractivity contribution in [2.45, 2.75) is 31.7 Å². The molecular formula is C22H24FN5O2. The van der Waals surface area contributed by atoms with Crippen molar-refractivity contribution in [1.82, 2.24) is 25.2 Å². The first-order valence-corrected chi connectivity index (χ1v) is 10.5. The quantitative estimate of drug-likeness (QED) is 0.562. The molecule has 30 heavy (non-hydrogen) atoms. The number of benzene rings is 1. The maximum atomic E-state index is 13.3. The Labute approximate surface area is 172 Å². The van der Waals surface area contributed by atoms with E-state index in [1.165, 1.54) is 12.1 Å². The van der Waals surface area contributed by atoms with Gasteiger partial charge in [0.1, 0.15) is 17.2 Å². The van der Waals surface area contributed by atoms with Crippen LogP contribution in [-0.4, -0.2) is 40.1 Å². The highest BCUT2D eigenvalue weighted by Crippen LogP contribution is 2.31. The SMILES string of the molecule is O=C(NCCCc1nc2ccc(F)cc2[nH]1)c1ccc2n(c1=O)C[C@@H]1CNC[C@H]2C1. The lowest BCUT2D eigenvalue weighted by Crippen LogP contribution is -2.46. The molecular weight excluding hydrogens is 385 g/mol. The number of halogens is 1. The average molecular weight is 409 g/mol. The van der Waals surface area contributed by atoms with Gasteiger partial charge in [-0.2, -0.15) is 0 Å². The number of pyridine rings is 1. The number of carbonyl (C=O) groups excluding carboxylic acids is 1. The summed E-state index contributed by atoms with van der Waals surface area (Å²) < 4.78 is 15.1. The van der Waals surface area contributed by atoms with E-state index in [9.17, 15) is 14.0 Å². The van der Waals surface area contributed by atoms with Gasteiger partial charge < -0.3 is 20.2 Å². The van der Waals surface area contributed by atoms with Gasteiger partial charge in [0, 0.05) is 37.7 Å². The lowest BCUT2D eigenvalue weighted by molar-refractivity contribution is 0.0950. The fourth-order valence-electron chi connectivity index (χ4n) is 4.67. The molecule has 0 spiro atoms. The van der Waals surface area contributed by atoms with Crippen LogP contribution in [0.3, 0.4) is 0 Å². The molecule has 0 saturated carbocycles. The van der Waals surface area contributed by atoms with Crippen LogP contribution in [-0.2, 0) is 13.0 Å². The normalized spacial score (nSPS) is 20.2. The van der Waals surface area contributed by atoms with E-state index in [2.05, 4.69) is 20.6 Å². The second-order valence-corrected chi connectivity index (χ2v) is 8.25. The third-order valence-corrected chi connectivity index (χ3v) is 6.12. The maximum Gasteiger partial charge on any atom is 0.263 e. The molecule has 2 aliphatic heterocycles. The molecule has 1 saturated heterocycles. The third-order valence-electron chi connectivity index (χ3n) is 6.12. The van der Waals surface area contributed by atoms with E-state index < -0.39 is 0 Å². The minimum atomic E-state index is -0.337. The molecule has 156 valence electrons. The standard InChI is InChI=1S/C22H24FN5O2/c23-15-3-5-17-18(9-15)27-20(26-17)2-1-7-25-21(29)16-4-6-19-14-8-13(10-24-11-14)12-28(19)22(16)30/h3-6,9,13-14,24H,1-2,7-8,10-12H2,(H,25,29)(H,26,27)/t13-,14+/m0/s1. The van der Waals surface area contributed by atoms with E-state index in [1.807, 2.05) is 6.07 Å². The summed E-state index contributed by atoms with van der Waals surface area (Å²) in [6.45, 7) is 2.91. The summed E-state index contributed by atoms with van der Waals surface area (Å²) in [7, 11) is 0. The van der Waals surface area contributed by atoms with Gasteiger partial charge in [-0.3, -0.25) is 9.59 Å². The average Bonchev–Trinajstić information content (AvgIpc) is 3.14. The summed E-state index contributed by atoms with van der Waals surface area (Å²) in [6, 6.07) is 8.03. The number of hydrogen-bond donors (Lipinski definition) is 3. The number of aryl methyl sites for hydroxylation is 1. The summed E-state index contributed by atoms with van der Waals surface area (Å²) >= 11 is 0. The number of aromatic amines is 1. The number of rotatable bonds is 5. The number of aromatic nitrogens is 3. The van der Waals surface area contributed by atoms with Crippen LogP contribution in [0.4, 0.5) is 4.39 Å². The lowest BCUT2D eigenvalue weighted by Gasteiger charge is -2.37. The maximum absolute atomic E-state index is 13.3. The molecule has 3 N–H and O–H groups in total. The molecule has 2 aromatic heterocycles. The molecule has 0 aliphatic carbocycles. The van der Waals surface area contributed by atoms with Gasteiger partial charge in [-0.1, -0.05) is 0 Å². The molecule has 0 radical (unpaired) electrons. The van der Waals surface area contributed by atoms with E-state index >= 15 is 0 Å². The smallest absolute Gasteiger partial charge is 0.263 e. The van der Waals surface area contributed by atoms with Gasteiger partial charge in [0.2, 0.25) is 0 Å². The second kappa shape index (κ2) is 7.68. The van der Waals surface area contributed by atoms with Gasteiger partial charge in [0.25, 0.3) is 11.5 Å². The Hall–Kier alpha value is -3.00. The van der Waals surface area contributed by atoms with Crippen molar-refractivity contribution in [2.75, 3.05) is 19.6 Å². The van der Waals surface area contributed by atoms with Crippen LogP contribution in [0.5, 0.6) is 0 Å². The second-order valence-electron chi connectivity index (χ2n) is 8.25. The van der Waals surface area contributed by atoms with Gasteiger partial charge in [-0.25, -0.2) is 9.37 Å². The highest BCUT2D eigenvalue weighted by Gasteiger charge is 2.31. The molecule has 3 aromatic rings. The van der Waals surface area contributed by atoms with Crippen molar-refractivity contribution < 1.29 is 9.18 Å². The Morgan fingerprint density at radius 2 is 2.17 bits per heavy atom. The van der Waals surface area contributed by atoms with Crippen LogP contribution in [0.25, 0.3) is 11.0 Å². The summed E-state index contributed by atoms with van der Waals surface area (Å²) in [5.74, 6) is 0.903. The van der Waals surface area contributed by atoms with Crippen molar-refractivity contribution in [3.63, 3.8) is 0 Å². The fraction of sp³-hybridized carbons (Fsp3) is 0.409. The van der Waals surface area contributed by atoms with E-state index in [4.69, 9.17) is 0 Å². The Bertz CT molecular complexity index is 1170. The first kappa shape index (κ1) is 19.0. The molecule has 7 nitrogen and oxygen atoms in total. The predicted molar refractivity (Wildman–Crippen MR) is 111 cm³/mol. The highest BCUT2D eigenvalue weighted by atomic mass is 19.1. The molecule has 1 amide bonds. The topological polar surface area (TPSA) is 91.8 Å². The molecule has 2 atom stereocenters. The minimum absolute atomic E-state index is 0.194. The number of H-pyrrole nitrogens is 1. The number of piperidine rings is 1. The third kappa shape index (κ3) is 3.52. The van der Waals surface area contributed by atoms with Gasteiger partial charge in [0.05, 0.1) is 11.0 Å². The number of nitrogens with zero attached hydrogens (tertiary/aromatic N) is 2. The van der Waals surface area contributed by atoms with Crippen LogP contribution < -0.4 is 16.2 Å². The van der Waals surface area contributed by atoms with Crippen molar-refractivity contribution in [3.8, 4) is 0 Å². The molecule has 2 bridgehead atoms. The number of amides is 1. The van der Waals surface area contributed by atoms with Crippen molar-refractivity contribution in [3.05, 3.63) is 63.6 Å². The summed E-state index contributed by atoms with van der Waals surface area (Å²) in [6.07, 6.45) is 2.39. The Morgan fingerprint density at radius 3 is 3.07 bits per heavy atom. The monoisotopic (exact) mass is 409 g/mol. The molecule has 4 heterocycles. The number of fused-ring (bicyclic) bond motifs is 5.